The molecule has 100 valence electrons. The topological polar surface area (TPSA) is 56.1 Å². The molecule has 1 aromatic carbocycles. The van der Waals surface area contributed by atoms with Crippen LogP contribution in [0.5, 0.6) is 0 Å². The van der Waals surface area contributed by atoms with Gasteiger partial charge in [0.1, 0.15) is 11.4 Å². The van der Waals surface area contributed by atoms with Crippen molar-refractivity contribution in [3.8, 4) is 5.69 Å². The Bertz CT molecular complexity index is 590. The Labute approximate surface area is 112 Å². The minimum Gasteiger partial charge on any atom is -0.462 e. The van der Waals surface area contributed by atoms with E-state index in [4.69, 9.17) is 4.74 Å². The standard InChI is InChI=1S/C14H17N3O2/c1-4-19-14(18)11-9-16-17(13(11)15-3)12-8-6-5-7-10(12)2/h5-9,15H,4H2,1-3H3. The number of ether oxygens (including phenoxy) is 1. The molecule has 0 atom stereocenters. The average molecular weight is 259 g/mol. The summed E-state index contributed by atoms with van der Waals surface area (Å²) in [6.07, 6.45) is 1.52. The fraction of sp³-hybridized carbons (Fsp3) is 0.286. The second-order valence-corrected chi connectivity index (χ2v) is 4.08. The van der Waals surface area contributed by atoms with Gasteiger partial charge in [-0.3, -0.25) is 0 Å². The molecule has 0 saturated carbocycles. The Kier molecular flexibility index (Phi) is 3.85. The summed E-state index contributed by atoms with van der Waals surface area (Å²) in [5.41, 5.74) is 2.45. The zero-order chi connectivity index (χ0) is 13.8. The van der Waals surface area contributed by atoms with Crippen molar-refractivity contribution in [3.05, 3.63) is 41.6 Å². The lowest BCUT2D eigenvalue weighted by atomic mass is 10.2. The molecule has 0 aliphatic heterocycles. The van der Waals surface area contributed by atoms with Crippen LogP contribution in [0.2, 0.25) is 0 Å². The molecule has 0 fully saturated rings. The monoisotopic (exact) mass is 259 g/mol. The van der Waals surface area contributed by atoms with Crippen LogP contribution in [0.25, 0.3) is 5.69 Å². The van der Waals surface area contributed by atoms with E-state index < -0.39 is 0 Å². The third kappa shape index (κ3) is 2.45. The summed E-state index contributed by atoms with van der Waals surface area (Å²) in [6.45, 7) is 4.13. The molecule has 1 aromatic heterocycles. The molecule has 0 aliphatic rings. The summed E-state index contributed by atoms with van der Waals surface area (Å²) in [7, 11) is 1.76. The smallest absolute Gasteiger partial charge is 0.343 e. The van der Waals surface area contributed by atoms with Crippen molar-refractivity contribution >= 4 is 11.8 Å². The number of nitrogens with one attached hydrogen (secondary N) is 1. The highest BCUT2D eigenvalue weighted by molar-refractivity contribution is 5.94. The van der Waals surface area contributed by atoms with Crippen LogP contribution < -0.4 is 5.32 Å². The normalized spacial score (nSPS) is 10.3. The lowest BCUT2D eigenvalue weighted by Crippen LogP contribution is -2.09. The van der Waals surface area contributed by atoms with Crippen LogP contribution in [0.15, 0.2) is 30.5 Å². The van der Waals surface area contributed by atoms with Crippen molar-refractivity contribution in [3.63, 3.8) is 0 Å². The van der Waals surface area contributed by atoms with E-state index in [0.717, 1.165) is 11.3 Å². The number of rotatable bonds is 4. The van der Waals surface area contributed by atoms with Crippen molar-refractivity contribution in [1.82, 2.24) is 9.78 Å². The molecular formula is C14H17N3O2. The maximum absolute atomic E-state index is 11.8. The van der Waals surface area contributed by atoms with Gasteiger partial charge < -0.3 is 10.1 Å². The van der Waals surface area contributed by atoms with E-state index in [2.05, 4.69) is 10.4 Å². The van der Waals surface area contributed by atoms with E-state index >= 15 is 0 Å². The van der Waals surface area contributed by atoms with Gasteiger partial charge in [-0.25, -0.2) is 9.48 Å². The van der Waals surface area contributed by atoms with Gasteiger partial charge in [0.05, 0.1) is 18.5 Å². The number of benzene rings is 1. The van der Waals surface area contributed by atoms with E-state index in [9.17, 15) is 4.79 Å². The molecule has 0 radical (unpaired) electrons. The van der Waals surface area contributed by atoms with Crippen LogP contribution in [-0.2, 0) is 4.74 Å². The van der Waals surface area contributed by atoms with Gasteiger partial charge in [0.2, 0.25) is 0 Å². The number of hydrogen-bond donors (Lipinski definition) is 1. The highest BCUT2D eigenvalue weighted by Crippen LogP contribution is 2.22. The highest BCUT2D eigenvalue weighted by atomic mass is 16.5. The third-order valence-corrected chi connectivity index (χ3v) is 2.85. The predicted molar refractivity (Wildman–Crippen MR) is 73.8 cm³/mol. The SMILES string of the molecule is CCOC(=O)c1cnn(-c2ccccc2C)c1NC. The Morgan fingerprint density at radius 3 is 2.79 bits per heavy atom. The molecule has 2 rings (SSSR count). The van der Waals surface area contributed by atoms with Crippen molar-refractivity contribution in [2.75, 3.05) is 19.0 Å². The van der Waals surface area contributed by atoms with E-state index in [-0.39, 0.29) is 5.97 Å². The van der Waals surface area contributed by atoms with Gasteiger partial charge in [-0.1, -0.05) is 18.2 Å². The summed E-state index contributed by atoms with van der Waals surface area (Å²) in [6, 6.07) is 7.86. The Morgan fingerprint density at radius 2 is 2.16 bits per heavy atom. The Balaban J connectivity index is 2.49. The quantitative estimate of drug-likeness (QED) is 0.857. The average Bonchev–Trinajstić information content (AvgIpc) is 2.83. The largest absolute Gasteiger partial charge is 0.462 e. The first-order valence-electron chi connectivity index (χ1n) is 6.18. The van der Waals surface area contributed by atoms with Crippen LogP contribution in [-0.4, -0.2) is 29.4 Å². The Hall–Kier alpha value is -2.30. The summed E-state index contributed by atoms with van der Waals surface area (Å²) in [5, 5.41) is 7.28. The molecule has 0 unspecified atom stereocenters. The molecule has 0 spiro atoms. The van der Waals surface area contributed by atoms with E-state index in [1.54, 1.807) is 18.7 Å². The summed E-state index contributed by atoms with van der Waals surface area (Å²) in [5.74, 6) is 0.263. The lowest BCUT2D eigenvalue weighted by molar-refractivity contribution is 0.0527. The van der Waals surface area contributed by atoms with Crippen LogP contribution in [0.4, 0.5) is 5.82 Å². The van der Waals surface area contributed by atoms with E-state index in [0.29, 0.717) is 18.0 Å². The van der Waals surface area contributed by atoms with Gasteiger partial charge in [-0.05, 0) is 25.5 Å². The number of anilines is 1. The molecule has 0 amide bonds. The van der Waals surface area contributed by atoms with Crippen LogP contribution in [0.1, 0.15) is 22.8 Å². The lowest BCUT2D eigenvalue weighted by Gasteiger charge is -2.10. The van der Waals surface area contributed by atoms with Crippen molar-refractivity contribution < 1.29 is 9.53 Å². The molecule has 0 aliphatic carbocycles. The molecule has 19 heavy (non-hydrogen) atoms. The van der Waals surface area contributed by atoms with Gasteiger partial charge in [0.15, 0.2) is 0 Å². The number of esters is 1. The minimum absolute atomic E-state index is 0.345. The zero-order valence-electron chi connectivity index (χ0n) is 11.3. The fourth-order valence-corrected chi connectivity index (χ4v) is 1.93. The van der Waals surface area contributed by atoms with Crippen molar-refractivity contribution in [2.24, 2.45) is 0 Å². The molecule has 2 aromatic rings. The molecule has 5 nitrogen and oxygen atoms in total. The van der Waals surface area contributed by atoms with Gasteiger partial charge in [-0.2, -0.15) is 5.10 Å². The Morgan fingerprint density at radius 1 is 1.42 bits per heavy atom. The predicted octanol–water partition coefficient (Wildman–Crippen LogP) is 2.40. The van der Waals surface area contributed by atoms with E-state index in [1.165, 1.54) is 6.20 Å². The van der Waals surface area contributed by atoms with Gasteiger partial charge in [0.25, 0.3) is 0 Å². The number of hydrogen-bond acceptors (Lipinski definition) is 4. The number of para-hydroxylation sites is 1. The molecule has 5 heteroatoms. The maximum Gasteiger partial charge on any atom is 0.343 e. The first-order valence-corrected chi connectivity index (χ1v) is 6.18. The van der Waals surface area contributed by atoms with E-state index in [1.807, 2.05) is 31.2 Å². The van der Waals surface area contributed by atoms with Gasteiger partial charge in [0, 0.05) is 7.05 Å². The molecular weight excluding hydrogens is 242 g/mol. The number of carbonyl (C=O) groups is 1. The van der Waals surface area contributed by atoms with Crippen molar-refractivity contribution in [2.45, 2.75) is 13.8 Å². The first-order chi connectivity index (χ1) is 9.19. The second kappa shape index (κ2) is 5.56. The number of carbonyl (C=O) groups excluding carboxylic acids is 1. The zero-order valence-corrected chi connectivity index (χ0v) is 11.3. The van der Waals surface area contributed by atoms with Crippen molar-refractivity contribution in [1.29, 1.82) is 0 Å². The molecule has 0 bridgehead atoms. The summed E-state index contributed by atoms with van der Waals surface area (Å²) < 4.78 is 6.73. The summed E-state index contributed by atoms with van der Waals surface area (Å²) >= 11 is 0. The molecule has 1 heterocycles. The van der Waals surface area contributed by atoms with Crippen LogP contribution in [0.3, 0.4) is 0 Å². The van der Waals surface area contributed by atoms with Gasteiger partial charge >= 0.3 is 5.97 Å². The number of aromatic nitrogens is 2. The number of nitrogens with zero attached hydrogens (tertiary/aromatic N) is 2. The minimum atomic E-state index is -0.369. The third-order valence-electron chi connectivity index (χ3n) is 2.85. The summed E-state index contributed by atoms with van der Waals surface area (Å²) in [4.78, 5) is 11.8. The highest BCUT2D eigenvalue weighted by Gasteiger charge is 2.18. The first kappa shape index (κ1) is 13.1. The van der Waals surface area contributed by atoms with Gasteiger partial charge in [-0.15, -0.1) is 0 Å². The molecule has 0 saturated heterocycles. The fourth-order valence-electron chi connectivity index (χ4n) is 1.93. The molecule has 1 N–H and O–H groups in total. The maximum atomic E-state index is 11.8. The van der Waals surface area contributed by atoms with Crippen LogP contribution in [0, 0.1) is 6.92 Å². The second-order valence-electron chi connectivity index (χ2n) is 4.08. The van der Waals surface area contributed by atoms with Crippen LogP contribution >= 0.6 is 0 Å². The number of aryl methyl sites for hydroxylation is 1.